The van der Waals surface area contributed by atoms with Crippen molar-refractivity contribution in [1.82, 2.24) is 9.38 Å². The molecule has 4 heteroatoms. The van der Waals surface area contributed by atoms with Crippen LogP contribution in [0.4, 0.5) is 0 Å². The van der Waals surface area contributed by atoms with Gasteiger partial charge in [-0.3, -0.25) is 0 Å². The number of nitrogens with zero attached hydrogens (tertiary/aromatic N) is 2. The normalized spacial score (nSPS) is 13.4. The second kappa shape index (κ2) is 3.59. The summed E-state index contributed by atoms with van der Waals surface area (Å²) in [6.07, 6.45) is 4.54. The van der Waals surface area contributed by atoms with E-state index in [-0.39, 0.29) is 6.04 Å². The highest BCUT2D eigenvalue weighted by molar-refractivity contribution is 6.30. The third-order valence-corrected chi connectivity index (χ3v) is 2.54. The maximum atomic E-state index is 5.95. The zero-order valence-electron chi connectivity index (χ0n) is 7.94. The first-order valence-electron chi connectivity index (χ1n) is 4.60. The zero-order chi connectivity index (χ0) is 10.1. The van der Waals surface area contributed by atoms with E-state index in [1.54, 1.807) is 6.20 Å². The molecule has 0 amide bonds. The minimum Gasteiger partial charge on any atom is -0.323 e. The highest BCUT2D eigenvalue weighted by Gasteiger charge is 2.09. The molecule has 0 radical (unpaired) electrons. The van der Waals surface area contributed by atoms with E-state index < -0.39 is 0 Å². The average molecular weight is 210 g/mol. The molecule has 3 nitrogen and oxygen atoms in total. The highest BCUT2D eigenvalue weighted by Crippen LogP contribution is 2.18. The average Bonchev–Trinajstić information content (AvgIpc) is 2.59. The van der Waals surface area contributed by atoms with Gasteiger partial charge in [-0.15, -0.1) is 0 Å². The molecule has 2 heterocycles. The summed E-state index contributed by atoms with van der Waals surface area (Å²) in [7, 11) is 0. The molecule has 0 spiro atoms. The third-order valence-electron chi connectivity index (χ3n) is 2.32. The van der Waals surface area contributed by atoms with Gasteiger partial charge in [0.2, 0.25) is 0 Å². The Bertz CT molecular complexity index is 450. The van der Waals surface area contributed by atoms with Crippen molar-refractivity contribution in [2.24, 2.45) is 5.73 Å². The molecule has 1 unspecified atom stereocenters. The van der Waals surface area contributed by atoms with Gasteiger partial charge < -0.3 is 10.1 Å². The fourth-order valence-electron chi connectivity index (χ4n) is 1.46. The molecule has 0 fully saturated rings. The highest BCUT2D eigenvalue weighted by atomic mass is 35.5. The second-order valence-corrected chi connectivity index (χ2v) is 3.71. The number of rotatable bonds is 2. The van der Waals surface area contributed by atoms with Crippen LogP contribution in [0.15, 0.2) is 24.5 Å². The summed E-state index contributed by atoms with van der Waals surface area (Å²) in [5.41, 5.74) is 7.84. The van der Waals surface area contributed by atoms with E-state index in [4.69, 9.17) is 17.3 Å². The molecular formula is C10H12ClN3. The molecule has 0 aromatic carbocycles. The number of hydrogen-bond donors (Lipinski definition) is 1. The van der Waals surface area contributed by atoms with Crippen molar-refractivity contribution in [3.63, 3.8) is 0 Å². The van der Waals surface area contributed by atoms with Gasteiger partial charge in [0.15, 0.2) is 0 Å². The molecule has 74 valence electrons. The number of imidazole rings is 1. The van der Waals surface area contributed by atoms with Crippen LogP contribution >= 0.6 is 11.6 Å². The fourth-order valence-corrected chi connectivity index (χ4v) is 1.62. The summed E-state index contributed by atoms with van der Waals surface area (Å²) < 4.78 is 1.94. The Hall–Kier alpha value is -1.06. The van der Waals surface area contributed by atoms with Crippen LogP contribution in [-0.4, -0.2) is 9.38 Å². The van der Waals surface area contributed by atoms with Crippen LogP contribution in [0.5, 0.6) is 0 Å². The predicted octanol–water partition coefficient (Wildman–Crippen LogP) is 2.40. The topological polar surface area (TPSA) is 43.3 Å². The predicted molar refractivity (Wildman–Crippen MR) is 57.4 cm³/mol. The lowest BCUT2D eigenvalue weighted by Crippen LogP contribution is -2.11. The summed E-state index contributed by atoms with van der Waals surface area (Å²) in [5, 5.41) is 0.694. The summed E-state index contributed by atoms with van der Waals surface area (Å²) in [6.45, 7) is 2.05. The Morgan fingerprint density at radius 3 is 3.07 bits per heavy atom. The van der Waals surface area contributed by atoms with Crippen LogP contribution in [0.2, 0.25) is 5.02 Å². The van der Waals surface area contributed by atoms with Crippen molar-refractivity contribution < 1.29 is 0 Å². The molecule has 0 saturated carbocycles. The first-order chi connectivity index (χ1) is 6.72. The molecule has 0 aliphatic heterocycles. The molecule has 14 heavy (non-hydrogen) atoms. The van der Waals surface area contributed by atoms with Gasteiger partial charge in [-0.2, -0.15) is 0 Å². The van der Waals surface area contributed by atoms with Gasteiger partial charge >= 0.3 is 0 Å². The Labute approximate surface area is 87.5 Å². The number of aromatic nitrogens is 2. The summed E-state index contributed by atoms with van der Waals surface area (Å²) in [5.74, 6) is 0. The lowest BCUT2D eigenvalue weighted by Gasteiger charge is -2.07. The molecule has 0 aliphatic carbocycles. The van der Waals surface area contributed by atoms with Crippen LogP contribution in [0, 0.1) is 0 Å². The number of hydrogen-bond acceptors (Lipinski definition) is 2. The Balaban J connectivity index is 2.61. The molecular weight excluding hydrogens is 198 g/mol. The van der Waals surface area contributed by atoms with Crippen LogP contribution in [-0.2, 0) is 0 Å². The Morgan fingerprint density at radius 2 is 2.36 bits per heavy atom. The van der Waals surface area contributed by atoms with E-state index in [2.05, 4.69) is 11.9 Å². The van der Waals surface area contributed by atoms with Crippen LogP contribution in [0.25, 0.3) is 5.65 Å². The molecule has 0 aliphatic rings. The van der Waals surface area contributed by atoms with Crippen molar-refractivity contribution in [2.45, 2.75) is 19.4 Å². The molecule has 2 rings (SSSR count). The molecule has 2 aromatic rings. The van der Waals surface area contributed by atoms with Gasteiger partial charge in [0.1, 0.15) is 5.65 Å². The minimum atomic E-state index is 0.0171. The molecule has 0 bridgehead atoms. The lowest BCUT2D eigenvalue weighted by atomic mass is 10.2. The van der Waals surface area contributed by atoms with E-state index in [1.807, 2.05) is 22.7 Å². The van der Waals surface area contributed by atoms with Gasteiger partial charge in [-0.05, 0) is 18.6 Å². The van der Waals surface area contributed by atoms with E-state index in [0.717, 1.165) is 17.8 Å². The minimum absolute atomic E-state index is 0.0171. The summed E-state index contributed by atoms with van der Waals surface area (Å²) in [6, 6.07) is 3.72. The molecule has 0 saturated heterocycles. The second-order valence-electron chi connectivity index (χ2n) is 3.27. The number of halogens is 1. The fraction of sp³-hybridized carbons (Fsp3) is 0.300. The van der Waals surface area contributed by atoms with Crippen LogP contribution in [0.3, 0.4) is 0 Å². The third kappa shape index (κ3) is 1.49. The number of nitrogens with two attached hydrogens (primary N) is 1. The van der Waals surface area contributed by atoms with Crippen molar-refractivity contribution in [1.29, 1.82) is 0 Å². The summed E-state index contributed by atoms with van der Waals surface area (Å²) in [4.78, 5) is 4.25. The Kier molecular flexibility index (Phi) is 2.44. The van der Waals surface area contributed by atoms with Crippen molar-refractivity contribution in [2.75, 3.05) is 0 Å². The quantitative estimate of drug-likeness (QED) is 0.826. The SMILES string of the molecule is CCC(N)c1cnc2ccc(Cl)cn12. The molecule has 2 aromatic heterocycles. The van der Waals surface area contributed by atoms with Gasteiger partial charge in [0.25, 0.3) is 0 Å². The van der Waals surface area contributed by atoms with Crippen LogP contribution in [0.1, 0.15) is 25.1 Å². The van der Waals surface area contributed by atoms with E-state index >= 15 is 0 Å². The zero-order valence-corrected chi connectivity index (χ0v) is 8.70. The number of pyridine rings is 1. The van der Waals surface area contributed by atoms with Crippen molar-refractivity contribution in [3.8, 4) is 0 Å². The Morgan fingerprint density at radius 1 is 1.57 bits per heavy atom. The summed E-state index contributed by atoms with van der Waals surface area (Å²) >= 11 is 5.91. The standard InChI is InChI=1S/C10H12ClN3/c1-2-8(12)9-5-13-10-4-3-7(11)6-14(9)10/h3-6,8H,2,12H2,1H3. The maximum absolute atomic E-state index is 5.95. The van der Waals surface area contributed by atoms with Gasteiger partial charge in [0, 0.05) is 12.2 Å². The van der Waals surface area contributed by atoms with E-state index in [1.165, 1.54) is 0 Å². The smallest absolute Gasteiger partial charge is 0.137 e. The molecule has 1 atom stereocenters. The van der Waals surface area contributed by atoms with Gasteiger partial charge in [-0.25, -0.2) is 4.98 Å². The van der Waals surface area contributed by atoms with Gasteiger partial charge in [-0.1, -0.05) is 18.5 Å². The first kappa shape index (κ1) is 9.49. The van der Waals surface area contributed by atoms with Gasteiger partial charge in [0.05, 0.1) is 16.9 Å². The first-order valence-corrected chi connectivity index (χ1v) is 4.98. The van der Waals surface area contributed by atoms with Crippen LogP contribution < -0.4 is 5.73 Å². The molecule has 2 N–H and O–H groups in total. The van der Waals surface area contributed by atoms with Crippen molar-refractivity contribution >= 4 is 17.2 Å². The lowest BCUT2D eigenvalue weighted by molar-refractivity contribution is 0.669. The van der Waals surface area contributed by atoms with E-state index in [9.17, 15) is 0 Å². The van der Waals surface area contributed by atoms with Crippen molar-refractivity contribution in [3.05, 3.63) is 35.2 Å². The monoisotopic (exact) mass is 209 g/mol. The van der Waals surface area contributed by atoms with E-state index in [0.29, 0.717) is 5.02 Å². The largest absolute Gasteiger partial charge is 0.323 e. The number of fused-ring (bicyclic) bond motifs is 1. The maximum Gasteiger partial charge on any atom is 0.137 e.